The summed E-state index contributed by atoms with van der Waals surface area (Å²) >= 11 is 5.84. The van der Waals surface area contributed by atoms with Gasteiger partial charge < -0.3 is 0 Å². The summed E-state index contributed by atoms with van der Waals surface area (Å²) in [6, 6.07) is 6.33. The van der Waals surface area contributed by atoms with Crippen LogP contribution < -0.4 is 0 Å². The highest BCUT2D eigenvalue weighted by Gasteiger charge is 2.28. The van der Waals surface area contributed by atoms with Crippen LogP contribution in [-0.4, -0.2) is 53.6 Å². The molecule has 1 fully saturated rings. The first-order chi connectivity index (χ1) is 11.4. The summed E-state index contributed by atoms with van der Waals surface area (Å²) in [4.78, 5) is 2.56. The molecule has 130 valence electrons. The molecule has 0 unspecified atom stereocenters. The van der Waals surface area contributed by atoms with Gasteiger partial charge in [0.25, 0.3) is 0 Å². The van der Waals surface area contributed by atoms with Crippen molar-refractivity contribution in [2.75, 3.05) is 26.2 Å². The number of halogens is 1. The van der Waals surface area contributed by atoms with E-state index in [1.54, 1.807) is 28.6 Å². The standard InChI is InChI=1S/C16H21ClN4O2S/c1-13-14(11-19(2)18-13)12-20-7-9-21(10-8-20)24(22,23)16-5-3-15(17)4-6-16/h3-6,11H,7-10,12H2,1-2H3. The molecule has 0 bridgehead atoms. The van der Waals surface area contributed by atoms with Gasteiger partial charge in [0.2, 0.25) is 10.0 Å². The highest BCUT2D eigenvalue weighted by atomic mass is 35.5. The van der Waals surface area contributed by atoms with E-state index in [-0.39, 0.29) is 0 Å². The lowest BCUT2D eigenvalue weighted by Crippen LogP contribution is -2.48. The van der Waals surface area contributed by atoms with Crippen LogP contribution in [0.15, 0.2) is 35.4 Å². The Morgan fingerprint density at radius 2 is 1.75 bits per heavy atom. The Hall–Kier alpha value is -1.41. The van der Waals surface area contributed by atoms with Gasteiger partial charge in [-0.3, -0.25) is 9.58 Å². The fraction of sp³-hybridized carbons (Fsp3) is 0.438. The van der Waals surface area contributed by atoms with Crippen LogP contribution in [0, 0.1) is 6.92 Å². The van der Waals surface area contributed by atoms with Crippen LogP contribution in [-0.2, 0) is 23.6 Å². The average Bonchev–Trinajstić information content (AvgIpc) is 2.86. The van der Waals surface area contributed by atoms with Crippen LogP contribution >= 0.6 is 11.6 Å². The molecule has 1 aromatic carbocycles. The Morgan fingerprint density at radius 1 is 1.12 bits per heavy atom. The number of hydrogen-bond donors (Lipinski definition) is 0. The average molecular weight is 369 g/mol. The number of sulfonamides is 1. The zero-order valence-electron chi connectivity index (χ0n) is 13.8. The van der Waals surface area contributed by atoms with E-state index < -0.39 is 10.0 Å². The Kier molecular flexibility index (Phi) is 4.96. The van der Waals surface area contributed by atoms with E-state index in [0.717, 1.165) is 12.2 Å². The van der Waals surface area contributed by atoms with E-state index in [9.17, 15) is 8.42 Å². The number of aromatic nitrogens is 2. The number of aryl methyl sites for hydroxylation is 2. The SMILES string of the molecule is Cc1nn(C)cc1CN1CCN(S(=O)(=O)c2ccc(Cl)cc2)CC1. The van der Waals surface area contributed by atoms with E-state index in [0.29, 0.717) is 36.1 Å². The minimum absolute atomic E-state index is 0.295. The summed E-state index contributed by atoms with van der Waals surface area (Å²) < 4.78 is 28.7. The molecule has 0 aliphatic carbocycles. The molecule has 0 radical (unpaired) electrons. The molecule has 2 heterocycles. The van der Waals surface area contributed by atoms with Gasteiger partial charge in [-0.1, -0.05) is 11.6 Å². The lowest BCUT2D eigenvalue weighted by molar-refractivity contribution is 0.181. The minimum Gasteiger partial charge on any atom is -0.296 e. The van der Waals surface area contributed by atoms with Gasteiger partial charge in [0.05, 0.1) is 10.6 Å². The Morgan fingerprint density at radius 3 is 2.29 bits per heavy atom. The molecule has 3 rings (SSSR count). The first kappa shape index (κ1) is 17.4. The minimum atomic E-state index is -3.45. The predicted octanol–water partition coefficient (Wildman–Crippen LogP) is 1.89. The normalized spacial score (nSPS) is 17.3. The van der Waals surface area contributed by atoms with Gasteiger partial charge in [0, 0.05) is 56.6 Å². The van der Waals surface area contributed by atoms with Gasteiger partial charge in [-0.25, -0.2) is 8.42 Å². The molecule has 0 atom stereocenters. The highest BCUT2D eigenvalue weighted by molar-refractivity contribution is 7.89. The number of nitrogens with zero attached hydrogens (tertiary/aromatic N) is 4. The summed E-state index contributed by atoms with van der Waals surface area (Å²) in [5.74, 6) is 0. The van der Waals surface area contributed by atoms with Gasteiger partial charge in [0.1, 0.15) is 0 Å². The van der Waals surface area contributed by atoms with E-state index >= 15 is 0 Å². The maximum absolute atomic E-state index is 12.7. The predicted molar refractivity (Wildman–Crippen MR) is 93.4 cm³/mol. The largest absolute Gasteiger partial charge is 0.296 e. The lowest BCUT2D eigenvalue weighted by Gasteiger charge is -2.33. The maximum Gasteiger partial charge on any atom is 0.243 e. The molecule has 0 saturated carbocycles. The van der Waals surface area contributed by atoms with Gasteiger partial charge in [-0.2, -0.15) is 9.40 Å². The van der Waals surface area contributed by atoms with Crippen molar-refractivity contribution in [2.24, 2.45) is 7.05 Å². The third-order valence-corrected chi connectivity index (χ3v) is 6.46. The van der Waals surface area contributed by atoms with Crippen LogP contribution in [0.2, 0.25) is 5.02 Å². The van der Waals surface area contributed by atoms with Crippen molar-refractivity contribution < 1.29 is 8.42 Å². The molecular weight excluding hydrogens is 348 g/mol. The van der Waals surface area contributed by atoms with Crippen LogP contribution in [0.25, 0.3) is 0 Å². The zero-order valence-corrected chi connectivity index (χ0v) is 15.4. The van der Waals surface area contributed by atoms with E-state index in [1.165, 1.54) is 5.56 Å². The zero-order chi connectivity index (χ0) is 17.3. The van der Waals surface area contributed by atoms with E-state index in [1.807, 2.05) is 24.9 Å². The van der Waals surface area contributed by atoms with Crippen molar-refractivity contribution in [3.8, 4) is 0 Å². The molecule has 1 aromatic heterocycles. The summed E-state index contributed by atoms with van der Waals surface area (Å²) in [6.45, 7) is 5.20. The maximum atomic E-state index is 12.7. The molecule has 8 heteroatoms. The molecule has 0 spiro atoms. The first-order valence-electron chi connectivity index (χ1n) is 7.83. The third-order valence-electron chi connectivity index (χ3n) is 4.29. The number of hydrogen-bond acceptors (Lipinski definition) is 4. The third kappa shape index (κ3) is 3.64. The fourth-order valence-electron chi connectivity index (χ4n) is 2.93. The van der Waals surface area contributed by atoms with Crippen LogP contribution in [0.5, 0.6) is 0 Å². The Bertz CT molecular complexity index is 809. The Labute approximate surface area is 147 Å². The molecule has 0 N–H and O–H groups in total. The smallest absolute Gasteiger partial charge is 0.243 e. The fourth-order valence-corrected chi connectivity index (χ4v) is 4.48. The van der Waals surface area contributed by atoms with Crippen molar-refractivity contribution in [2.45, 2.75) is 18.4 Å². The second-order valence-electron chi connectivity index (χ2n) is 6.05. The molecule has 1 saturated heterocycles. The van der Waals surface area contributed by atoms with Crippen LogP contribution in [0.4, 0.5) is 0 Å². The molecule has 0 amide bonds. The second kappa shape index (κ2) is 6.84. The van der Waals surface area contributed by atoms with E-state index in [2.05, 4.69) is 10.00 Å². The number of piperazine rings is 1. The first-order valence-corrected chi connectivity index (χ1v) is 9.65. The van der Waals surface area contributed by atoms with Gasteiger partial charge in [-0.15, -0.1) is 0 Å². The van der Waals surface area contributed by atoms with Crippen molar-refractivity contribution in [1.82, 2.24) is 19.0 Å². The van der Waals surface area contributed by atoms with Crippen LogP contribution in [0.3, 0.4) is 0 Å². The van der Waals surface area contributed by atoms with Crippen LogP contribution in [0.1, 0.15) is 11.3 Å². The highest BCUT2D eigenvalue weighted by Crippen LogP contribution is 2.20. The molecule has 2 aromatic rings. The quantitative estimate of drug-likeness (QED) is 0.826. The lowest BCUT2D eigenvalue weighted by atomic mass is 10.2. The van der Waals surface area contributed by atoms with Crippen molar-refractivity contribution in [1.29, 1.82) is 0 Å². The molecule has 1 aliphatic heterocycles. The second-order valence-corrected chi connectivity index (χ2v) is 8.42. The molecule has 24 heavy (non-hydrogen) atoms. The monoisotopic (exact) mass is 368 g/mol. The molecular formula is C16H21ClN4O2S. The number of rotatable bonds is 4. The summed E-state index contributed by atoms with van der Waals surface area (Å²) in [6.07, 6.45) is 2.02. The van der Waals surface area contributed by atoms with Crippen molar-refractivity contribution in [3.63, 3.8) is 0 Å². The van der Waals surface area contributed by atoms with Gasteiger partial charge in [-0.05, 0) is 31.2 Å². The molecule has 6 nitrogen and oxygen atoms in total. The van der Waals surface area contributed by atoms with E-state index in [4.69, 9.17) is 11.6 Å². The molecule has 1 aliphatic rings. The summed E-state index contributed by atoms with van der Waals surface area (Å²) in [5.41, 5.74) is 2.21. The van der Waals surface area contributed by atoms with Crippen molar-refractivity contribution in [3.05, 3.63) is 46.7 Å². The Balaban J connectivity index is 1.64. The van der Waals surface area contributed by atoms with Crippen molar-refractivity contribution >= 4 is 21.6 Å². The summed E-state index contributed by atoms with van der Waals surface area (Å²) in [5, 5.41) is 4.88. The summed E-state index contributed by atoms with van der Waals surface area (Å²) in [7, 11) is -1.54. The topological polar surface area (TPSA) is 58.4 Å². The number of benzene rings is 1. The van der Waals surface area contributed by atoms with Gasteiger partial charge in [0.15, 0.2) is 0 Å². The van der Waals surface area contributed by atoms with Gasteiger partial charge >= 0.3 is 0 Å².